The van der Waals surface area contributed by atoms with E-state index in [2.05, 4.69) is 32.0 Å². The quantitative estimate of drug-likeness (QED) is 0.680. The van der Waals surface area contributed by atoms with Crippen molar-refractivity contribution in [2.45, 2.75) is 52.5 Å². The zero-order chi connectivity index (χ0) is 10.6. The lowest BCUT2D eigenvalue weighted by Gasteiger charge is -2.41. The molecule has 1 heteroatoms. The molecule has 1 fully saturated rings. The molecule has 0 spiro atoms. The summed E-state index contributed by atoms with van der Waals surface area (Å²) in [6.45, 7) is 7.97. The van der Waals surface area contributed by atoms with E-state index in [1.54, 1.807) is 0 Å². The highest BCUT2D eigenvalue weighted by molar-refractivity contribution is 4.96. The lowest BCUT2D eigenvalue weighted by atomic mass is 9.66. The standard InChI is InChI=1S/C13H23N/c1-5-7-11-10-12(14-6-2)8-9-13(11,3)4/h1,11-12,14H,6-10H2,2-4H3. The van der Waals surface area contributed by atoms with Crippen molar-refractivity contribution in [2.24, 2.45) is 11.3 Å². The van der Waals surface area contributed by atoms with Crippen LogP contribution in [0, 0.1) is 23.7 Å². The van der Waals surface area contributed by atoms with Gasteiger partial charge in [0.15, 0.2) is 0 Å². The summed E-state index contributed by atoms with van der Waals surface area (Å²) in [7, 11) is 0. The van der Waals surface area contributed by atoms with E-state index in [-0.39, 0.29) is 0 Å². The molecule has 1 saturated carbocycles. The first-order valence-electron chi connectivity index (χ1n) is 5.77. The maximum Gasteiger partial charge on any atom is 0.0120 e. The third kappa shape index (κ3) is 2.75. The molecule has 1 rings (SSSR count). The molecular weight excluding hydrogens is 170 g/mol. The van der Waals surface area contributed by atoms with E-state index >= 15 is 0 Å². The fraction of sp³-hybridized carbons (Fsp3) is 0.846. The Labute approximate surface area is 88.7 Å². The molecule has 14 heavy (non-hydrogen) atoms. The highest BCUT2D eigenvalue weighted by atomic mass is 14.9. The molecule has 1 aliphatic rings. The first-order chi connectivity index (χ1) is 6.60. The van der Waals surface area contributed by atoms with Crippen molar-refractivity contribution in [2.75, 3.05) is 6.54 Å². The van der Waals surface area contributed by atoms with Crippen molar-refractivity contribution >= 4 is 0 Å². The van der Waals surface area contributed by atoms with Gasteiger partial charge in [0.2, 0.25) is 0 Å². The van der Waals surface area contributed by atoms with Crippen LogP contribution in [0.4, 0.5) is 0 Å². The molecule has 0 amide bonds. The maximum absolute atomic E-state index is 5.43. The van der Waals surface area contributed by atoms with Gasteiger partial charge in [-0.3, -0.25) is 0 Å². The van der Waals surface area contributed by atoms with Crippen LogP contribution >= 0.6 is 0 Å². The van der Waals surface area contributed by atoms with Crippen LogP contribution in [-0.4, -0.2) is 12.6 Å². The topological polar surface area (TPSA) is 12.0 Å². The van der Waals surface area contributed by atoms with Gasteiger partial charge in [0.05, 0.1) is 0 Å². The van der Waals surface area contributed by atoms with Gasteiger partial charge in [0, 0.05) is 12.5 Å². The van der Waals surface area contributed by atoms with E-state index in [4.69, 9.17) is 6.42 Å². The zero-order valence-corrected chi connectivity index (χ0v) is 9.77. The summed E-state index contributed by atoms with van der Waals surface area (Å²) in [6.07, 6.45) is 10.2. The van der Waals surface area contributed by atoms with Crippen molar-refractivity contribution in [1.82, 2.24) is 5.32 Å². The molecule has 0 saturated heterocycles. The Bertz CT molecular complexity index is 212. The normalized spacial score (nSPS) is 31.0. The molecule has 1 nitrogen and oxygen atoms in total. The number of hydrogen-bond acceptors (Lipinski definition) is 1. The maximum atomic E-state index is 5.43. The summed E-state index contributed by atoms with van der Waals surface area (Å²) in [5.74, 6) is 3.53. The van der Waals surface area contributed by atoms with Gasteiger partial charge in [-0.05, 0) is 37.1 Å². The van der Waals surface area contributed by atoms with Crippen molar-refractivity contribution in [1.29, 1.82) is 0 Å². The first-order valence-corrected chi connectivity index (χ1v) is 5.77. The first kappa shape index (κ1) is 11.6. The number of nitrogens with one attached hydrogen (secondary N) is 1. The van der Waals surface area contributed by atoms with Gasteiger partial charge in [0.1, 0.15) is 0 Å². The Morgan fingerprint density at radius 1 is 1.50 bits per heavy atom. The Morgan fingerprint density at radius 2 is 2.21 bits per heavy atom. The minimum atomic E-state index is 0.443. The van der Waals surface area contributed by atoms with Gasteiger partial charge < -0.3 is 5.32 Å². The molecule has 1 aliphatic carbocycles. The van der Waals surface area contributed by atoms with Crippen molar-refractivity contribution in [3.05, 3.63) is 0 Å². The van der Waals surface area contributed by atoms with E-state index in [0.29, 0.717) is 17.4 Å². The average Bonchev–Trinajstić information content (AvgIpc) is 2.12. The monoisotopic (exact) mass is 193 g/mol. The lowest BCUT2D eigenvalue weighted by Crippen LogP contribution is -2.41. The second kappa shape index (κ2) is 4.84. The molecule has 1 N–H and O–H groups in total. The van der Waals surface area contributed by atoms with E-state index in [9.17, 15) is 0 Å². The SMILES string of the molecule is C#CCC1CC(NCC)CCC1(C)C. The van der Waals surface area contributed by atoms with Crippen LogP contribution < -0.4 is 5.32 Å². The van der Waals surface area contributed by atoms with Crippen LogP contribution in [0.15, 0.2) is 0 Å². The Balaban J connectivity index is 2.54. The molecule has 80 valence electrons. The molecule has 0 heterocycles. The smallest absolute Gasteiger partial charge is 0.0120 e. The fourth-order valence-electron chi connectivity index (χ4n) is 2.51. The second-order valence-corrected chi connectivity index (χ2v) is 5.12. The van der Waals surface area contributed by atoms with Crippen LogP contribution in [0.2, 0.25) is 0 Å². The highest BCUT2D eigenvalue weighted by Gasteiger charge is 2.35. The fourth-order valence-corrected chi connectivity index (χ4v) is 2.51. The van der Waals surface area contributed by atoms with Crippen LogP contribution in [-0.2, 0) is 0 Å². The van der Waals surface area contributed by atoms with Crippen molar-refractivity contribution in [3.8, 4) is 12.3 Å². The molecule has 2 atom stereocenters. The molecule has 0 aromatic carbocycles. The number of hydrogen-bond donors (Lipinski definition) is 1. The van der Waals surface area contributed by atoms with Gasteiger partial charge >= 0.3 is 0 Å². The summed E-state index contributed by atoms with van der Waals surface area (Å²) in [5, 5.41) is 3.54. The van der Waals surface area contributed by atoms with Crippen LogP contribution in [0.5, 0.6) is 0 Å². The molecule has 0 bridgehead atoms. The lowest BCUT2D eigenvalue weighted by molar-refractivity contribution is 0.117. The van der Waals surface area contributed by atoms with E-state index < -0.39 is 0 Å². The van der Waals surface area contributed by atoms with Gasteiger partial charge in [-0.15, -0.1) is 12.3 Å². The second-order valence-electron chi connectivity index (χ2n) is 5.12. The summed E-state index contributed by atoms with van der Waals surface area (Å²) in [4.78, 5) is 0. The predicted octanol–water partition coefficient (Wildman–Crippen LogP) is 2.81. The van der Waals surface area contributed by atoms with E-state index in [0.717, 1.165) is 13.0 Å². The van der Waals surface area contributed by atoms with Crippen LogP contribution in [0.1, 0.15) is 46.5 Å². The third-order valence-corrected chi connectivity index (χ3v) is 3.67. The molecule has 0 aromatic rings. The molecule has 0 aromatic heterocycles. The summed E-state index contributed by atoms with van der Waals surface area (Å²) >= 11 is 0. The molecule has 0 aliphatic heterocycles. The highest BCUT2D eigenvalue weighted by Crippen LogP contribution is 2.42. The van der Waals surface area contributed by atoms with E-state index in [1.807, 2.05) is 0 Å². The van der Waals surface area contributed by atoms with Gasteiger partial charge in [-0.1, -0.05) is 20.8 Å². The minimum Gasteiger partial charge on any atom is -0.314 e. The Morgan fingerprint density at radius 3 is 2.79 bits per heavy atom. The van der Waals surface area contributed by atoms with E-state index in [1.165, 1.54) is 19.3 Å². The third-order valence-electron chi connectivity index (χ3n) is 3.67. The summed E-state index contributed by atoms with van der Waals surface area (Å²) in [5.41, 5.74) is 0.443. The Kier molecular flexibility index (Phi) is 4.01. The predicted molar refractivity (Wildman–Crippen MR) is 62.0 cm³/mol. The van der Waals surface area contributed by atoms with Crippen molar-refractivity contribution < 1.29 is 0 Å². The average molecular weight is 193 g/mol. The Hall–Kier alpha value is -0.480. The van der Waals surface area contributed by atoms with Gasteiger partial charge in [-0.25, -0.2) is 0 Å². The zero-order valence-electron chi connectivity index (χ0n) is 9.77. The van der Waals surface area contributed by atoms with Crippen molar-refractivity contribution in [3.63, 3.8) is 0 Å². The molecule has 0 radical (unpaired) electrons. The summed E-state index contributed by atoms with van der Waals surface area (Å²) in [6, 6.07) is 0.700. The van der Waals surface area contributed by atoms with Gasteiger partial charge in [-0.2, -0.15) is 0 Å². The molecule has 2 unspecified atom stereocenters. The summed E-state index contributed by atoms with van der Waals surface area (Å²) < 4.78 is 0. The van der Waals surface area contributed by atoms with Gasteiger partial charge in [0.25, 0.3) is 0 Å². The van der Waals surface area contributed by atoms with Crippen LogP contribution in [0.3, 0.4) is 0 Å². The number of rotatable bonds is 3. The largest absolute Gasteiger partial charge is 0.314 e. The number of terminal acetylenes is 1. The van der Waals surface area contributed by atoms with Crippen LogP contribution in [0.25, 0.3) is 0 Å². The minimum absolute atomic E-state index is 0.443. The molecular formula is C13H23N.